The van der Waals surface area contributed by atoms with Gasteiger partial charge in [0.05, 0.1) is 5.54 Å². The summed E-state index contributed by atoms with van der Waals surface area (Å²) in [6.45, 7) is 9.96. The predicted molar refractivity (Wildman–Crippen MR) is 83.1 cm³/mol. The first-order valence-corrected chi connectivity index (χ1v) is 8.28. The van der Waals surface area contributed by atoms with Gasteiger partial charge in [0.15, 0.2) is 0 Å². The Morgan fingerprint density at radius 2 is 1.77 bits per heavy atom. The van der Waals surface area contributed by atoms with Gasteiger partial charge in [-0.05, 0) is 43.4 Å². The number of nitrogens with zero attached hydrogens (tertiary/aromatic N) is 1. The fraction of sp³-hybridized carbons (Fsp3) is 0.882. The van der Waals surface area contributed by atoms with Crippen molar-refractivity contribution in [2.45, 2.75) is 72.1 Å². The van der Waals surface area contributed by atoms with Crippen LogP contribution in [0.5, 0.6) is 0 Å². The lowest BCUT2D eigenvalue weighted by atomic mass is 9.63. The topological polar surface area (TPSA) is 55.8 Å². The summed E-state index contributed by atoms with van der Waals surface area (Å²) in [6.07, 6.45) is 2.60. The van der Waals surface area contributed by atoms with Gasteiger partial charge in [-0.15, -0.1) is 0 Å². The van der Waals surface area contributed by atoms with Crippen molar-refractivity contribution in [3.05, 3.63) is 0 Å². The highest BCUT2D eigenvalue weighted by Gasteiger charge is 2.63. The highest BCUT2D eigenvalue weighted by Crippen LogP contribution is 2.63. The molecule has 0 spiro atoms. The lowest BCUT2D eigenvalue weighted by Crippen LogP contribution is -2.60. The Balaban J connectivity index is 2.06. The van der Waals surface area contributed by atoms with Crippen molar-refractivity contribution in [3.63, 3.8) is 0 Å². The van der Waals surface area contributed by atoms with Gasteiger partial charge >= 0.3 is 12.1 Å². The minimum Gasteiger partial charge on any atom is -0.425 e. The van der Waals surface area contributed by atoms with E-state index in [-0.39, 0.29) is 23.3 Å². The molecule has 126 valence electrons. The monoisotopic (exact) mass is 311 g/mol. The molecule has 2 fully saturated rings. The molecule has 0 aliphatic heterocycles. The maximum atomic E-state index is 12.5. The number of ether oxygens (including phenoxy) is 2. The van der Waals surface area contributed by atoms with Crippen molar-refractivity contribution in [1.82, 2.24) is 4.90 Å². The molecule has 2 bridgehead atoms. The number of carbonyl (C=O) groups is 2. The second kappa shape index (κ2) is 5.74. The van der Waals surface area contributed by atoms with Crippen molar-refractivity contribution in [2.75, 3.05) is 7.05 Å². The summed E-state index contributed by atoms with van der Waals surface area (Å²) in [4.78, 5) is 25.5. The SMILES string of the molecule is CCC(=O)OC(C)OC(=O)N(C)C1(C)C2CCC(C2)C1(C)C. The van der Waals surface area contributed by atoms with Gasteiger partial charge in [0.2, 0.25) is 6.29 Å². The van der Waals surface area contributed by atoms with Crippen LogP contribution in [0.25, 0.3) is 0 Å². The van der Waals surface area contributed by atoms with Gasteiger partial charge < -0.3 is 14.4 Å². The first-order valence-electron chi connectivity index (χ1n) is 8.28. The molecule has 0 N–H and O–H groups in total. The molecule has 0 radical (unpaired) electrons. The van der Waals surface area contributed by atoms with Crippen LogP contribution in [-0.4, -0.2) is 35.8 Å². The molecule has 0 aromatic heterocycles. The molecular weight excluding hydrogens is 282 g/mol. The van der Waals surface area contributed by atoms with Crippen LogP contribution in [0.1, 0.15) is 60.3 Å². The summed E-state index contributed by atoms with van der Waals surface area (Å²) in [5, 5.41) is 0. The molecule has 1 amide bonds. The number of fused-ring (bicyclic) bond motifs is 2. The van der Waals surface area contributed by atoms with Crippen molar-refractivity contribution < 1.29 is 19.1 Å². The number of esters is 1. The van der Waals surface area contributed by atoms with Crippen LogP contribution in [0.2, 0.25) is 0 Å². The van der Waals surface area contributed by atoms with Crippen LogP contribution >= 0.6 is 0 Å². The minimum atomic E-state index is -0.854. The molecule has 22 heavy (non-hydrogen) atoms. The van der Waals surface area contributed by atoms with E-state index in [9.17, 15) is 9.59 Å². The highest BCUT2D eigenvalue weighted by atomic mass is 16.7. The fourth-order valence-electron chi connectivity index (χ4n) is 4.50. The van der Waals surface area contributed by atoms with E-state index in [1.807, 2.05) is 0 Å². The molecule has 2 aliphatic rings. The van der Waals surface area contributed by atoms with E-state index in [0.29, 0.717) is 11.8 Å². The zero-order valence-corrected chi connectivity index (χ0v) is 14.6. The molecule has 5 nitrogen and oxygen atoms in total. The Hall–Kier alpha value is -1.26. The van der Waals surface area contributed by atoms with E-state index in [2.05, 4.69) is 20.8 Å². The molecule has 0 saturated heterocycles. The van der Waals surface area contributed by atoms with Gasteiger partial charge in [0.1, 0.15) is 0 Å². The third-order valence-corrected chi connectivity index (χ3v) is 6.38. The van der Waals surface area contributed by atoms with Gasteiger partial charge in [0.25, 0.3) is 0 Å². The summed E-state index contributed by atoms with van der Waals surface area (Å²) in [5.74, 6) is 0.807. The Labute approximate surface area is 133 Å². The fourth-order valence-corrected chi connectivity index (χ4v) is 4.50. The summed E-state index contributed by atoms with van der Waals surface area (Å²) in [5.41, 5.74) is -0.158. The highest BCUT2D eigenvalue weighted by molar-refractivity contribution is 5.71. The zero-order chi connectivity index (χ0) is 16.7. The van der Waals surface area contributed by atoms with Gasteiger partial charge in [-0.2, -0.15) is 0 Å². The molecule has 2 saturated carbocycles. The molecule has 5 heteroatoms. The van der Waals surface area contributed by atoms with Crippen molar-refractivity contribution >= 4 is 12.1 Å². The Morgan fingerprint density at radius 3 is 2.27 bits per heavy atom. The third-order valence-electron chi connectivity index (χ3n) is 6.38. The van der Waals surface area contributed by atoms with Crippen molar-refractivity contribution in [3.8, 4) is 0 Å². The Morgan fingerprint density at radius 1 is 1.18 bits per heavy atom. The smallest absolute Gasteiger partial charge is 0.413 e. The first-order chi connectivity index (χ1) is 10.1. The maximum absolute atomic E-state index is 12.5. The van der Waals surface area contributed by atoms with Gasteiger partial charge in [0, 0.05) is 20.4 Å². The largest absolute Gasteiger partial charge is 0.425 e. The lowest BCUT2D eigenvalue weighted by Gasteiger charge is -2.52. The van der Waals surface area contributed by atoms with Crippen LogP contribution < -0.4 is 0 Å². The van der Waals surface area contributed by atoms with E-state index in [1.54, 1.807) is 25.8 Å². The summed E-state index contributed by atoms with van der Waals surface area (Å²) < 4.78 is 10.3. The second-order valence-corrected chi connectivity index (χ2v) is 7.43. The lowest BCUT2D eigenvalue weighted by molar-refractivity contribution is -0.167. The molecular formula is C17H29NO4. The van der Waals surface area contributed by atoms with Crippen LogP contribution in [0.15, 0.2) is 0 Å². The van der Waals surface area contributed by atoms with E-state index in [0.717, 1.165) is 0 Å². The molecule has 4 unspecified atom stereocenters. The standard InChI is InChI=1S/C17H29NO4/c1-7-14(19)21-11(2)22-15(20)18(6)17(5)13-9-8-12(10-13)16(17,3)4/h11-13H,7-10H2,1-6H3. The molecule has 2 rings (SSSR count). The second-order valence-electron chi connectivity index (χ2n) is 7.43. The normalized spacial score (nSPS) is 33.4. The van der Waals surface area contributed by atoms with Crippen molar-refractivity contribution in [2.24, 2.45) is 17.3 Å². The molecule has 0 aromatic carbocycles. The van der Waals surface area contributed by atoms with Crippen molar-refractivity contribution in [1.29, 1.82) is 0 Å². The molecule has 0 aromatic rings. The van der Waals surface area contributed by atoms with Gasteiger partial charge in [-0.3, -0.25) is 4.79 Å². The summed E-state index contributed by atoms with van der Waals surface area (Å²) in [7, 11) is 1.80. The van der Waals surface area contributed by atoms with Crippen LogP contribution in [-0.2, 0) is 14.3 Å². The first kappa shape index (κ1) is 17.1. The molecule has 0 heterocycles. The number of carbonyl (C=O) groups excluding carboxylic acids is 2. The average molecular weight is 311 g/mol. The Kier molecular flexibility index (Phi) is 4.46. The van der Waals surface area contributed by atoms with E-state index >= 15 is 0 Å². The molecule has 2 aliphatic carbocycles. The minimum absolute atomic E-state index is 0.0625. The number of hydrogen-bond acceptors (Lipinski definition) is 4. The van der Waals surface area contributed by atoms with Crippen LogP contribution in [0.3, 0.4) is 0 Å². The summed E-state index contributed by atoms with van der Waals surface area (Å²) >= 11 is 0. The third kappa shape index (κ3) is 2.48. The quantitative estimate of drug-likeness (QED) is 0.588. The maximum Gasteiger partial charge on any atom is 0.413 e. The Bertz CT molecular complexity index is 462. The van der Waals surface area contributed by atoms with E-state index in [1.165, 1.54) is 19.3 Å². The average Bonchev–Trinajstić information content (AvgIpc) is 3.00. The molecule has 4 atom stereocenters. The van der Waals surface area contributed by atoms with Gasteiger partial charge in [-0.1, -0.05) is 20.8 Å². The van der Waals surface area contributed by atoms with Crippen LogP contribution in [0, 0.1) is 17.3 Å². The number of rotatable bonds is 4. The van der Waals surface area contributed by atoms with E-state index in [4.69, 9.17) is 9.47 Å². The predicted octanol–water partition coefficient (Wildman–Crippen LogP) is 3.57. The summed E-state index contributed by atoms with van der Waals surface area (Å²) in [6, 6.07) is 0. The van der Waals surface area contributed by atoms with Gasteiger partial charge in [-0.25, -0.2) is 4.79 Å². The van der Waals surface area contributed by atoms with Crippen LogP contribution in [0.4, 0.5) is 4.79 Å². The van der Waals surface area contributed by atoms with E-state index < -0.39 is 12.4 Å². The number of hydrogen-bond donors (Lipinski definition) is 0. The zero-order valence-electron chi connectivity index (χ0n) is 14.6. The number of amides is 1.